The van der Waals surface area contributed by atoms with Crippen molar-refractivity contribution >= 4 is 11.7 Å². The van der Waals surface area contributed by atoms with Gasteiger partial charge in [-0.3, -0.25) is 10.1 Å². The summed E-state index contributed by atoms with van der Waals surface area (Å²) < 4.78 is 4.93. The van der Waals surface area contributed by atoms with Gasteiger partial charge in [-0.25, -0.2) is 4.79 Å². The molecule has 0 amide bonds. The van der Waals surface area contributed by atoms with Crippen molar-refractivity contribution in [3.63, 3.8) is 0 Å². The second kappa shape index (κ2) is 4.41. The summed E-state index contributed by atoms with van der Waals surface area (Å²) in [7, 11) is 0. The molecule has 0 radical (unpaired) electrons. The van der Waals surface area contributed by atoms with Gasteiger partial charge < -0.3 is 9.84 Å². The summed E-state index contributed by atoms with van der Waals surface area (Å²) in [5.74, 6) is -1.22. The normalized spacial score (nSPS) is 11.8. The lowest BCUT2D eigenvalue weighted by Crippen LogP contribution is -2.23. The van der Waals surface area contributed by atoms with E-state index in [4.69, 9.17) is 9.84 Å². The molecule has 0 fully saturated rings. The maximum absolute atomic E-state index is 10.6. The molecule has 0 unspecified atom stereocenters. The lowest BCUT2D eigenvalue weighted by Gasteiger charge is -2.09. The number of carboxylic acid groups (broad SMARTS) is 1. The molecule has 6 nitrogen and oxygen atoms in total. The zero-order chi connectivity index (χ0) is 11.4. The van der Waals surface area contributed by atoms with Crippen molar-refractivity contribution in [2.24, 2.45) is 0 Å². The molecule has 0 spiro atoms. The van der Waals surface area contributed by atoms with Gasteiger partial charge in [0.15, 0.2) is 11.9 Å². The van der Waals surface area contributed by atoms with Crippen LogP contribution in [0.1, 0.15) is 6.92 Å². The highest BCUT2D eigenvalue weighted by Gasteiger charge is 2.19. The molecular formula is C9H9NO5. The smallest absolute Gasteiger partial charge is 0.344 e. The Labute approximate surface area is 85.2 Å². The minimum atomic E-state index is -1.17. The average molecular weight is 211 g/mol. The summed E-state index contributed by atoms with van der Waals surface area (Å²) in [6, 6.07) is 5.63. The maximum atomic E-state index is 10.6. The highest BCUT2D eigenvalue weighted by atomic mass is 16.6. The van der Waals surface area contributed by atoms with Crippen LogP contribution in [-0.4, -0.2) is 22.1 Å². The number of rotatable bonds is 4. The molecule has 0 aromatic heterocycles. The standard InChI is InChI=1S/C9H9NO5/c1-6(9(11)12)15-8-5-3-2-4-7(8)10(13)14/h2-6H,1H3,(H,11,12)/t6-/m1/s1. The molecule has 0 saturated heterocycles. The number of hydrogen-bond donors (Lipinski definition) is 1. The van der Waals surface area contributed by atoms with Crippen molar-refractivity contribution in [1.29, 1.82) is 0 Å². The molecule has 1 aromatic carbocycles. The van der Waals surface area contributed by atoms with Crippen LogP contribution < -0.4 is 4.74 Å². The van der Waals surface area contributed by atoms with Gasteiger partial charge in [-0.2, -0.15) is 0 Å². The SMILES string of the molecule is C[C@@H](Oc1ccccc1[N+](=O)[O-])C(=O)O. The van der Waals surface area contributed by atoms with Gasteiger partial charge in [0.05, 0.1) is 4.92 Å². The van der Waals surface area contributed by atoms with Gasteiger partial charge >= 0.3 is 11.7 Å². The summed E-state index contributed by atoms with van der Waals surface area (Å²) >= 11 is 0. The quantitative estimate of drug-likeness (QED) is 0.601. The van der Waals surface area contributed by atoms with E-state index in [0.717, 1.165) is 0 Å². The van der Waals surface area contributed by atoms with E-state index in [1.54, 1.807) is 0 Å². The van der Waals surface area contributed by atoms with Crippen LogP contribution in [0.4, 0.5) is 5.69 Å². The molecule has 80 valence electrons. The molecule has 0 saturated carbocycles. The van der Waals surface area contributed by atoms with Gasteiger partial charge in [0.25, 0.3) is 0 Å². The number of nitrogens with zero attached hydrogens (tertiary/aromatic N) is 1. The van der Waals surface area contributed by atoms with Crippen LogP contribution in [0.5, 0.6) is 5.75 Å². The number of para-hydroxylation sites is 2. The number of benzene rings is 1. The lowest BCUT2D eigenvalue weighted by atomic mass is 10.3. The van der Waals surface area contributed by atoms with Crippen molar-refractivity contribution in [2.75, 3.05) is 0 Å². The van der Waals surface area contributed by atoms with E-state index < -0.39 is 17.0 Å². The van der Waals surface area contributed by atoms with Crippen LogP contribution in [0.15, 0.2) is 24.3 Å². The highest BCUT2D eigenvalue weighted by molar-refractivity contribution is 5.72. The number of ether oxygens (including phenoxy) is 1. The Morgan fingerprint density at radius 3 is 2.67 bits per heavy atom. The third kappa shape index (κ3) is 2.67. The van der Waals surface area contributed by atoms with E-state index in [9.17, 15) is 14.9 Å². The molecule has 6 heteroatoms. The van der Waals surface area contributed by atoms with Crippen molar-refractivity contribution in [1.82, 2.24) is 0 Å². The van der Waals surface area contributed by atoms with Crippen molar-refractivity contribution in [3.8, 4) is 5.75 Å². The Hall–Kier alpha value is -2.11. The van der Waals surface area contributed by atoms with E-state index in [1.165, 1.54) is 31.2 Å². The fourth-order valence-corrected chi connectivity index (χ4v) is 0.949. The van der Waals surface area contributed by atoms with Crippen molar-refractivity contribution in [3.05, 3.63) is 34.4 Å². The zero-order valence-corrected chi connectivity index (χ0v) is 7.91. The molecule has 0 aliphatic rings. The topological polar surface area (TPSA) is 89.7 Å². The molecular weight excluding hydrogens is 202 g/mol. The van der Waals surface area contributed by atoms with Gasteiger partial charge in [0.1, 0.15) is 0 Å². The minimum Gasteiger partial charge on any atom is -0.479 e. The third-order valence-corrected chi connectivity index (χ3v) is 1.71. The lowest BCUT2D eigenvalue weighted by molar-refractivity contribution is -0.386. The fourth-order valence-electron chi connectivity index (χ4n) is 0.949. The van der Waals surface area contributed by atoms with Crippen molar-refractivity contribution in [2.45, 2.75) is 13.0 Å². The Bertz CT molecular complexity index is 390. The van der Waals surface area contributed by atoms with Gasteiger partial charge in [-0.05, 0) is 13.0 Å². The molecule has 1 N–H and O–H groups in total. The average Bonchev–Trinajstić information content (AvgIpc) is 2.18. The number of carboxylic acids is 1. The zero-order valence-electron chi connectivity index (χ0n) is 7.91. The molecule has 15 heavy (non-hydrogen) atoms. The fraction of sp³-hybridized carbons (Fsp3) is 0.222. The molecule has 0 bridgehead atoms. The Morgan fingerprint density at radius 2 is 2.13 bits per heavy atom. The van der Waals surface area contributed by atoms with Crippen LogP contribution in [0.3, 0.4) is 0 Å². The van der Waals surface area contributed by atoms with Crippen LogP contribution in [-0.2, 0) is 4.79 Å². The number of hydrogen-bond acceptors (Lipinski definition) is 4. The number of nitro benzene ring substituents is 1. The monoisotopic (exact) mass is 211 g/mol. The molecule has 1 atom stereocenters. The predicted octanol–water partition coefficient (Wildman–Crippen LogP) is 1.45. The van der Waals surface area contributed by atoms with Crippen LogP contribution in [0.2, 0.25) is 0 Å². The molecule has 0 heterocycles. The van der Waals surface area contributed by atoms with Crippen LogP contribution in [0, 0.1) is 10.1 Å². The summed E-state index contributed by atoms with van der Waals surface area (Å²) in [5, 5.41) is 19.1. The van der Waals surface area contributed by atoms with E-state index in [1.807, 2.05) is 0 Å². The van der Waals surface area contributed by atoms with Crippen molar-refractivity contribution < 1.29 is 19.6 Å². The van der Waals surface area contributed by atoms with Crippen LogP contribution in [0.25, 0.3) is 0 Å². The molecule has 0 aliphatic carbocycles. The summed E-state index contributed by atoms with van der Waals surface area (Å²) in [6.07, 6.45) is -1.12. The first-order chi connectivity index (χ1) is 7.02. The first-order valence-corrected chi connectivity index (χ1v) is 4.15. The second-order valence-electron chi connectivity index (χ2n) is 2.82. The Kier molecular flexibility index (Phi) is 3.22. The van der Waals surface area contributed by atoms with Gasteiger partial charge in [0, 0.05) is 6.07 Å². The summed E-state index contributed by atoms with van der Waals surface area (Å²) in [5.41, 5.74) is -0.245. The highest BCUT2D eigenvalue weighted by Crippen LogP contribution is 2.26. The third-order valence-electron chi connectivity index (χ3n) is 1.71. The van der Waals surface area contributed by atoms with Gasteiger partial charge in [0.2, 0.25) is 0 Å². The number of carbonyl (C=O) groups is 1. The first-order valence-electron chi connectivity index (χ1n) is 4.15. The first kappa shape index (κ1) is 11.0. The largest absolute Gasteiger partial charge is 0.479 e. The van der Waals surface area contributed by atoms with E-state index in [-0.39, 0.29) is 11.4 Å². The summed E-state index contributed by atoms with van der Waals surface area (Å²) in [6.45, 7) is 1.30. The maximum Gasteiger partial charge on any atom is 0.344 e. The Morgan fingerprint density at radius 1 is 1.53 bits per heavy atom. The minimum absolute atomic E-state index is 0.0441. The van der Waals surface area contributed by atoms with Crippen LogP contribution >= 0.6 is 0 Å². The van der Waals surface area contributed by atoms with E-state index >= 15 is 0 Å². The predicted molar refractivity (Wildman–Crippen MR) is 50.8 cm³/mol. The number of nitro groups is 1. The molecule has 1 rings (SSSR count). The van der Waals surface area contributed by atoms with E-state index in [2.05, 4.69) is 0 Å². The Balaban J connectivity index is 2.94. The summed E-state index contributed by atoms with van der Waals surface area (Å²) in [4.78, 5) is 20.4. The van der Waals surface area contributed by atoms with Gasteiger partial charge in [-0.15, -0.1) is 0 Å². The number of aliphatic carboxylic acids is 1. The van der Waals surface area contributed by atoms with Gasteiger partial charge in [-0.1, -0.05) is 12.1 Å². The molecule has 0 aliphatic heterocycles. The second-order valence-corrected chi connectivity index (χ2v) is 2.82. The molecule has 1 aromatic rings. The van der Waals surface area contributed by atoms with E-state index in [0.29, 0.717) is 0 Å².